The zero-order valence-corrected chi connectivity index (χ0v) is 29.7. The molecule has 0 amide bonds. The third kappa shape index (κ3) is 5.52. The van der Waals surface area contributed by atoms with E-state index in [1.165, 1.54) is 59.2 Å². The number of benzene rings is 10. The van der Waals surface area contributed by atoms with Gasteiger partial charge in [0.25, 0.3) is 0 Å². The quantitative estimate of drug-likeness (QED) is 0.105. The van der Waals surface area contributed by atoms with Gasteiger partial charge in [0.1, 0.15) is 0 Å². The minimum atomic E-state index is -0.402. The molecule has 1 unspecified atom stereocenters. The molecule has 0 spiro atoms. The van der Waals surface area contributed by atoms with Crippen LogP contribution in [0.3, 0.4) is 0 Å². The van der Waals surface area contributed by atoms with Crippen molar-refractivity contribution in [2.75, 3.05) is 0 Å². The lowest BCUT2D eigenvalue weighted by Gasteiger charge is -2.16. The third-order valence-corrected chi connectivity index (χ3v) is 10.9. The van der Waals surface area contributed by atoms with Gasteiger partial charge in [-0.05, 0) is 99.5 Å². The molecule has 0 aliphatic heterocycles. The fourth-order valence-electron chi connectivity index (χ4n) is 8.26. The van der Waals surface area contributed by atoms with Crippen LogP contribution in [0, 0.1) is 0 Å². The predicted octanol–water partition coefficient (Wildman–Crippen LogP) is 13.4. The number of hydrogen-bond acceptors (Lipinski definition) is 2. The molecule has 54 heavy (non-hydrogen) atoms. The summed E-state index contributed by atoms with van der Waals surface area (Å²) in [4.78, 5) is 5.38. The lowest BCUT2D eigenvalue weighted by atomic mass is 9.93. The molecule has 0 saturated carbocycles. The molecule has 2 nitrogen and oxygen atoms in total. The van der Waals surface area contributed by atoms with Crippen LogP contribution in [0.2, 0.25) is 0 Å². The van der Waals surface area contributed by atoms with Crippen LogP contribution in [0.1, 0.15) is 22.7 Å². The number of rotatable bonds is 6. The molecular weight excluding hydrogens is 653 g/mol. The van der Waals surface area contributed by atoms with E-state index in [0.29, 0.717) is 0 Å². The fraction of sp³-hybridized carbons (Fsp3) is 0.0192. The zero-order valence-electron chi connectivity index (χ0n) is 29.7. The number of hydrogen-bond donors (Lipinski definition) is 1. The molecule has 0 fully saturated rings. The van der Waals surface area contributed by atoms with Gasteiger partial charge in [0.05, 0.1) is 11.7 Å². The molecule has 10 aromatic rings. The van der Waals surface area contributed by atoms with Crippen molar-refractivity contribution in [1.82, 2.24) is 0 Å². The molecule has 0 heterocycles. The standard InChI is InChI=1S/C52H36N2/c53-51(48-21-11-10-18-41(48)34-12-2-1-3-13-34)32-52(39-25-26-44-38(30-39)24-29-45-40-17-7-4-14-35(40)22-27-46(44)45)54-33-50-43-20-9-6-16-37(43)31-49-42-19-8-5-15-36(42)23-28-47(49)50/h1-33,51H,53H2/b52-32-,54-33+. The maximum atomic E-state index is 7.17. The third-order valence-electron chi connectivity index (χ3n) is 10.9. The number of nitrogens with two attached hydrogens (primary N) is 1. The maximum absolute atomic E-state index is 7.17. The van der Waals surface area contributed by atoms with Gasteiger partial charge in [-0.15, -0.1) is 0 Å². The van der Waals surface area contributed by atoms with Gasteiger partial charge in [-0.3, -0.25) is 4.99 Å². The van der Waals surface area contributed by atoms with Crippen molar-refractivity contribution < 1.29 is 0 Å². The van der Waals surface area contributed by atoms with E-state index in [0.717, 1.165) is 38.9 Å². The highest BCUT2D eigenvalue weighted by atomic mass is 14.7. The van der Waals surface area contributed by atoms with Crippen molar-refractivity contribution in [2.45, 2.75) is 6.04 Å². The van der Waals surface area contributed by atoms with Crippen molar-refractivity contribution in [3.8, 4) is 11.1 Å². The molecule has 0 saturated heterocycles. The van der Waals surface area contributed by atoms with Crippen LogP contribution >= 0.6 is 0 Å². The lowest BCUT2D eigenvalue weighted by Crippen LogP contribution is -2.09. The fourth-order valence-corrected chi connectivity index (χ4v) is 8.26. The molecule has 0 aliphatic rings. The predicted molar refractivity (Wildman–Crippen MR) is 232 cm³/mol. The Morgan fingerprint density at radius 1 is 0.426 bits per heavy atom. The summed E-state index contributed by atoms with van der Waals surface area (Å²) < 4.78 is 0. The topological polar surface area (TPSA) is 38.4 Å². The molecule has 0 bridgehead atoms. The van der Waals surface area contributed by atoms with Crippen molar-refractivity contribution in [2.24, 2.45) is 10.7 Å². The molecular formula is C52H36N2. The van der Waals surface area contributed by atoms with Gasteiger partial charge in [0.2, 0.25) is 0 Å². The highest BCUT2D eigenvalue weighted by molar-refractivity contribution is 6.21. The summed E-state index contributed by atoms with van der Waals surface area (Å²) in [5, 5.41) is 14.6. The molecule has 1 atom stereocenters. The molecule has 0 radical (unpaired) electrons. The SMILES string of the molecule is NC(/C=C(\N=C\c1c2ccccc2cc2c1ccc1ccccc12)c1ccc2c(ccc3c4ccccc4ccc23)c1)c1ccccc1-c1ccccc1. The van der Waals surface area contributed by atoms with E-state index in [4.69, 9.17) is 10.7 Å². The summed E-state index contributed by atoms with van der Waals surface area (Å²) in [7, 11) is 0. The van der Waals surface area contributed by atoms with E-state index in [9.17, 15) is 0 Å². The van der Waals surface area contributed by atoms with Crippen LogP contribution in [0.5, 0.6) is 0 Å². The van der Waals surface area contributed by atoms with Gasteiger partial charge >= 0.3 is 0 Å². The van der Waals surface area contributed by atoms with Crippen LogP contribution in [0.4, 0.5) is 0 Å². The molecule has 10 rings (SSSR count). The van der Waals surface area contributed by atoms with Crippen LogP contribution in [0.25, 0.3) is 81.5 Å². The summed E-state index contributed by atoms with van der Waals surface area (Å²) in [6.07, 6.45) is 4.18. The molecule has 0 aromatic heterocycles. The van der Waals surface area contributed by atoms with E-state index >= 15 is 0 Å². The average molecular weight is 689 g/mol. The number of fused-ring (bicyclic) bond motifs is 9. The highest BCUT2D eigenvalue weighted by Gasteiger charge is 2.15. The summed E-state index contributed by atoms with van der Waals surface area (Å²) in [5.74, 6) is 0. The molecule has 254 valence electrons. The van der Waals surface area contributed by atoms with Gasteiger partial charge in [-0.25, -0.2) is 0 Å². The van der Waals surface area contributed by atoms with Crippen LogP contribution in [0.15, 0.2) is 199 Å². The van der Waals surface area contributed by atoms with Gasteiger partial charge < -0.3 is 5.73 Å². The first-order chi connectivity index (χ1) is 26.7. The van der Waals surface area contributed by atoms with Gasteiger partial charge in [0, 0.05) is 17.3 Å². The van der Waals surface area contributed by atoms with Crippen molar-refractivity contribution in [3.05, 3.63) is 211 Å². The minimum absolute atomic E-state index is 0.402. The van der Waals surface area contributed by atoms with Gasteiger partial charge in [-0.2, -0.15) is 0 Å². The van der Waals surface area contributed by atoms with E-state index in [-0.39, 0.29) is 0 Å². The van der Waals surface area contributed by atoms with Crippen LogP contribution < -0.4 is 5.73 Å². The second-order valence-corrected chi connectivity index (χ2v) is 14.1. The summed E-state index contributed by atoms with van der Waals surface area (Å²) in [6, 6.07) is 66.7. The monoisotopic (exact) mass is 688 g/mol. The van der Waals surface area contributed by atoms with Crippen molar-refractivity contribution in [1.29, 1.82) is 0 Å². The molecule has 10 aromatic carbocycles. The largest absolute Gasteiger partial charge is 0.321 e. The first-order valence-electron chi connectivity index (χ1n) is 18.5. The Morgan fingerprint density at radius 2 is 0.963 bits per heavy atom. The Bertz CT molecular complexity index is 3120. The highest BCUT2D eigenvalue weighted by Crippen LogP contribution is 2.36. The van der Waals surface area contributed by atoms with Crippen LogP contribution in [-0.2, 0) is 0 Å². The van der Waals surface area contributed by atoms with Gasteiger partial charge in [-0.1, -0.05) is 176 Å². The summed E-state index contributed by atoms with van der Waals surface area (Å²) >= 11 is 0. The smallest absolute Gasteiger partial charge is 0.0681 e. The second-order valence-electron chi connectivity index (χ2n) is 14.1. The van der Waals surface area contributed by atoms with E-state index in [1.54, 1.807) is 0 Å². The average Bonchev–Trinajstić information content (AvgIpc) is 3.24. The zero-order chi connectivity index (χ0) is 36.0. The van der Waals surface area contributed by atoms with E-state index in [2.05, 4.69) is 194 Å². The van der Waals surface area contributed by atoms with Crippen molar-refractivity contribution in [3.63, 3.8) is 0 Å². The minimum Gasteiger partial charge on any atom is -0.321 e. The second kappa shape index (κ2) is 13.3. The summed E-state index contributed by atoms with van der Waals surface area (Å²) in [5.41, 5.74) is 13.4. The Hall–Kier alpha value is -6.87. The van der Waals surface area contributed by atoms with Crippen molar-refractivity contribution >= 4 is 76.5 Å². The van der Waals surface area contributed by atoms with Gasteiger partial charge in [0.15, 0.2) is 0 Å². The first-order valence-corrected chi connectivity index (χ1v) is 18.5. The molecule has 0 aliphatic carbocycles. The Balaban J connectivity index is 1.17. The lowest BCUT2D eigenvalue weighted by molar-refractivity contribution is 0.914. The Labute approximate surface area is 314 Å². The molecule has 2 N–H and O–H groups in total. The number of aliphatic imine (C=N–C) groups is 1. The van der Waals surface area contributed by atoms with E-state index in [1.807, 2.05) is 6.07 Å². The van der Waals surface area contributed by atoms with Crippen LogP contribution in [-0.4, -0.2) is 6.21 Å². The normalized spacial score (nSPS) is 12.9. The first kappa shape index (κ1) is 31.8. The molecule has 2 heteroatoms. The Kier molecular flexibility index (Phi) is 7.83. The maximum Gasteiger partial charge on any atom is 0.0681 e. The Morgan fingerprint density at radius 3 is 1.72 bits per heavy atom. The van der Waals surface area contributed by atoms with E-state index < -0.39 is 6.04 Å². The number of nitrogens with zero attached hydrogens (tertiary/aromatic N) is 1. The summed E-state index contributed by atoms with van der Waals surface area (Å²) in [6.45, 7) is 0.